The lowest BCUT2D eigenvalue weighted by atomic mass is 10.1. The molecule has 6 nitrogen and oxygen atoms in total. The smallest absolute Gasteiger partial charge is 0.227 e. The van der Waals surface area contributed by atoms with Crippen molar-refractivity contribution in [3.63, 3.8) is 0 Å². The van der Waals surface area contributed by atoms with E-state index >= 15 is 0 Å². The van der Waals surface area contributed by atoms with E-state index in [0.717, 1.165) is 42.6 Å². The van der Waals surface area contributed by atoms with Gasteiger partial charge in [0, 0.05) is 44.1 Å². The fraction of sp³-hybridized carbons (Fsp3) is 0.450. The molecule has 138 valence electrons. The Bertz CT molecular complexity index is 783. The third-order valence-corrected chi connectivity index (χ3v) is 4.87. The topological polar surface area (TPSA) is 67.2 Å². The number of benzene rings is 1. The van der Waals surface area contributed by atoms with Gasteiger partial charge in [0.1, 0.15) is 5.82 Å². The van der Waals surface area contributed by atoms with Crippen LogP contribution in [-0.4, -0.2) is 39.6 Å². The van der Waals surface area contributed by atoms with Crippen LogP contribution in [0, 0.1) is 6.92 Å². The van der Waals surface area contributed by atoms with Gasteiger partial charge in [0.25, 0.3) is 0 Å². The number of carbonyl (C=O) groups excluding carboxylic acids is 2. The number of rotatable bonds is 5. The Morgan fingerprint density at radius 1 is 1.19 bits per heavy atom. The second-order valence-corrected chi connectivity index (χ2v) is 6.80. The van der Waals surface area contributed by atoms with Crippen LogP contribution in [0.3, 0.4) is 0 Å². The molecule has 0 atom stereocenters. The fourth-order valence-electron chi connectivity index (χ4n) is 3.38. The molecule has 1 aliphatic rings. The largest absolute Gasteiger partial charge is 0.342 e. The predicted octanol–water partition coefficient (Wildman–Crippen LogP) is 3.13. The van der Waals surface area contributed by atoms with Crippen molar-refractivity contribution in [2.75, 3.05) is 18.4 Å². The number of carbonyl (C=O) groups is 2. The van der Waals surface area contributed by atoms with Crippen LogP contribution >= 0.6 is 0 Å². The Balaban J connectivity index is 1.64. The first kappa shape index (κ1) is 18.2. The van der Waals surface area contributed by atoms with Crippen molar-refractivity contribution in [3.05, 3.63) is 35.9 Å². The van der Waals surface area contributed by atoms with E-state index in [4.69, 9.17) is 0 Å². The van der Waals surface area contributed by atoms with Gasteiger partial charge in [0.05, 0.1) is 5.69 Å². The maximum absolute atomic E-state index is 12.4. The molecule has 6 heteroatoms. The van der Waals surface area contributed by atoms with E-state index in [1.165, 1.54) is 0 Å². The molecule has 3 rings (SSSR count). The van der Waals surface area contributed by atoms with Gasteiger partial charge in [-0.3, -0.25) is 14.3 Å². The Hall–Kier alpha value is -2.63. The van der Waals surface area contributed by atoms with E-state index in [-0.39, 0.29) is 11.8 Å². The highest BCUT2D eigenvalue weighted by Crippen LogP contribution is 2.27. The Morgan fingerprint density at radius 2 is 1.96 bits per heavy atom. The second-order valence-electron chi connectivity index (χ2n) is 6.80. The summed E-state index contributed by atoms with van der Waals surface area (Å²) in [5.41, 5.74) is 2.83. The summed E-state index contributed by atoms with van der Waals surface area (Å²) >= 11 is 0. The molecule has 1 aromatic heterocycles. The predicted molar refractivity (Wildman–Crippen MR) is 102 cm³/mol. The molecule has 1 fully saturated rings. The highest BCUT2D eigenvalue weighted by molar-refractivity contribution is 5.92. The minimum atomic E-state index is -0.0900. The lowest BCUT2D eigenvalue weighted by Crippen LogP contribution is -2.33. The van der Waals surface area contributed by atoms with E-state index in [1.54, 1.807) is 4.68 Å². The molecule has 1 saturated heterocycles. The molecule has 0 spiro atoms. The van der Waals surface area contributed by atoms with Gasteiger partial charge in [-0.05, 0) is 19.8 Å². The van der Waals surface area contributed by atoms with Crippen molar-refractivity contribution in [1.29, 1.82) is 0 Å². The van der Waals surface area contributed by atoms with Gasteiger partial charge >= 0.3 is 0 Å². The standard InChI is InChI=1S/C20H26N4O2/c1-15-19(16-9-5-3-6-10-16)22-23(2)20(15)21-17(25)12-14-24-13-8-4-7-11-18(24)26/h3,5-6,9-10H,4,7-8,11-14H2,1-2H3,(H,21,25). The molecule has 0 radical (unpaired) electrons. The van der Waals surface area contributed by atoms with Crippen LogP contribution < -0.4 is 5.32 Å². The summed E-state index contributed by atoms with van der Waals surface area (Å²) < 4.78 is 1.70. The summed E-state index contributed by atoms with van der Waals surface area (Å²) in [7, 11) is 1.83. The van der Waals surface area contributed by atoms with E-state index in [2.05, 4.69) is 10.4 Å². The third-order valence-electron chi connectivity index (χ3n) is 4.87. The lowest BCUT2D eigenvalue weighted by molar-refractivity contribution is -0.131. The monoisotopic (exact) mass is 354 g/mol. The molecule has 1 aromatic carbocycles. The Kier molecular flexibility index (Phi) is 5.71. The number of aryl methyl sites for hydroxylation is 1. The average Bonchev–Trinajstić information content (AvgIpc) is 2.80. The van der Waals surface area contributed by atoms with Gasteiger partial charge in [-0.25, -0.2) is 0 Å². The Morgan fingerprint density at radius 3 is 2.73 bits per heavy atom. The molecule has 0 bridgehead atoms. The summed E-state index contributed by atoms with van der Waals surface area (Å²) in [4.78, 5) is 26.3. The maximum atomic E-state index is 12.4. The fourth-order valence-corrected chi connectivity index (χ4v) is 3.38. The van der Waals surface area contributed by atoms with Crippen molar-refractivity contribution < 1.29 is 9.59 Å². The maximum Gasteiger partial charge on any atom is 0.227 e. The third kappa shape index (κ3) is 4.12. The van der Waals surface area contributed by atoms with Gasteiger partial charge in [0.15, 0.2) is 0 Å². The van der Waals surface area contributed by atoms with E-state index < -0.39 is 0 Å². The van der Waals surface area contributed by atoms with Crippen molar-refractivity contribution in [3.8, 4) is 11.3 Å². The zero-order valence-corrected chi connectivity index (χ0v) is 15.5. The number of likely N-dealkylation sites (tertiary alicyclic amines) is 1. The van der Waals surface area contributed by atoms with Crippen LogP contribution in [0.5, 0.6) is 0 Å². The SMILES string of the molecule is Cc1c(-c2ccccc2)nn(C)c1NC(=O)CCN1CCCCCC1=O. The van der Waals surface area contributed by atoms with Crippen molar-refractivity contribution >= 4 is 17.6 Å². The van der Waals surface area contributed by atoms with Gasteiger partial charge in [-0.2, -0.15) is 5.10 Å². The van der Waals surface area contributed by atoms with Crippen LogP contribution in [0.15, 0.2) is 30.3 Å². The number of amides is 2. The molecule has 0 aliphatic carbocycles. The second kappa shape index (κ2) is 8.17. The minimum absolute atomic E-state index is 0.0900. The molecule has 1 N–H and O–H groups in total. The lowest BCUT2D eigenvalue weighted by Gasteiger charge is -2.20. The van der Waals surface area contributed by atoms with Gasteiger partial charge in [-0.1, -0.05) is 36.8 Å². The van der Waals surface area contributed by atoms with Gasteiger partial charge in [-0.15, -0.1) is 0 Å². The Labute approximate surface area is 154 Å². The quantitative estimate of drug-likeness (QED) is 0.897. The van der Waals surface area contributed by atoms with E-state index in [1.807, 2.05) is 49.2 Å². The number of nitrogens with one attached hydrogen (secondary N) is 1. The average molecular weight is 354 g/mol. The van der Waals surface area contributed by atoms with Crippen LogP contribution in [0.2, 0.25) is 0 Å². The molecule has 26 heavy (non-hydrogen) atoms. The van der Waals surface area contributed by atoms with E-state index in [9.17, 15) is 9.59 Å². The molecular weight excluding hydrogens is 328 g/mol. The molecule has 0 saturated carbocycles. The van der Waals surface area contributed by atoms with Crippen LogP contribution in [-0.2, 0) is 16.6 Å². The summed E-state index contributed by atoms with van der Waals surface area (Å²) in [5, 5.41) is 7.51. The van der Waals surface area contributed by atoms with Crippen molar-refractivity contribution in [2.45, 2.75) is 39.0 Å². The zero-order valence-electron chi connectivity index (χ0n) is 15.5. The first-order valence-corrected chi connectivity index (χ1v) is 9.23. The molecule has 1 aliphatic heterocycles. The van der Waals surface area contributed by atoms with Gasteiger partial charge < -0.3 is 10.2 Å². The number of hydrogen-bond acceptors (Lipinski definition) is 3. The van der Waals surface area contributed by atoms with Crippen molar-refractivity contribution in [2.24, 2.45) is 7.05 Å². The number of hydrogen-bond donors (Lipinski definition) is 1. The van der Waals surface area contributed by atoms with Crippen LogP contribution in [0.1, 0.15) is 37.7 Å². The van der Waals surface area contributed by atoms with Crippen LogP contribution in [0.4, 0.5) is 5.82 Å². The minimum Gasteiger partial charge on any atom is -0.342 e. The van der Waals surface area contributed by atoms with Crippen molar-refractivity contribution in [1.82, 2.24) is 14.7 Å². The molecule has 2 amide bonds. The van der Waals surface area contributed by atoms with Gasteiger partial charge in [0.2, 0.25) is 11.8 Å². The van der Waals surface area contributed by atoms with Crippen LogP contribution in [0.25, 0.3) is 11.3 Å². The summed E-state index contributed by atoms with van der Waals surface area (Å²) in [6.07, 6.45) is 3.97. The molecule has 2 heterocycles. The summed E-state index contributed by atoms with van der Waals surface area (Å²) in [5.74, 6) is 0.780. The molecule has 2 aromatic rings. The summed E-state index contributed by atoms with van der Waals surface area (Å²) in [6, 6.07) is 9.92. The summed E-state index contributed by atoms with van der Waals surface area (Å²) in [6.45, 7) is 3.20. The molecule has 0 unspecified atom stereocenters. The molecular formula is C20H26N4O2. The number of anilines is 1. The highest BCUT2D eigenvalue weighted by Gasteiger charge is 2.19. The zero-order chi connectivity index (χ0) is 18.5. The van der Waals surface area contributed by atoms with E-state index in [0.29, 0.717) is 25.2 Å². The first-order chi connectivity index (χ1) is 12.6. The first-order valence-electron chi connectivity index (χ1n) is 9.23. The highest BCUT2D eigenvalue weighted by atomic mass is 16.2. The normalized spacial score (nSPS) is 15.0. The number of aromatic nitrogens is 2. The number of nitrogens with zero attached hydrogens (tertiary/aromatic N) is 3.